The molecule has 0 bridgehead atoms. The van der Waals surface area contributed by atoms with Crippen molar-refractivity contribution in [3.8, 4) is 11.4 Å². The summed E-state index contributed by atoms with van der Waals surface area (Å²) in [6.45, 7) is 2.41. The van der Waals surface area contributed by atoms with Crippen molar-refractivity contribution in [1.82, 2.24) is 31.1 Å². The Morgan fingerprint density at radius 2 is 1.53 bits per heavy atom. The molecular weight excluding hydrogens is 404 g/mol. The summed E-state index contributed by atoms with van der Waals surface area (Å²) >= 11 is 0. The van der Waals surface area contributed by atoms with Crippen LogP contribution in [0.2, 0.25) is 0 Å². The smallest absolute Gasteiger partial charge is 0.269 e. The minimum Gasteiger partial charge on any atom is -0.273 e. The lowest BCUT2D eigenvalue weighted by Gasteiger charge is -2.08. The largest absolute Gasteiger partial charge is 0.273 e. The SMILES string of the molecule is Cc1ccc(CC(=O)NNC(=O)c2ccc(Cn3nnc(-c4ccccc4)n3)cc2)cc1. The highest BCUT2D eigenvalue weighted by Crippen LogP contribution is 2.12. The maximum Gasteiger partial charge on any atom is 0.269 e. The van der Waals surface area contributed by atoms with Crippen molar-refractivity contribution < 1.29 is 9.59 Å². The van der Waals surface area contributed by atoms with E-state index in [1.165, 1.54) is 4.80 Å². The van der Waals surface area contributed by atoms with Crippen LogP contribution in [0.3, 0.4) is 0 Å². The van der Waals surface area contributed by atoms with E-state index < -0.39 is 0 Å². The molecule has 1 aromatic heterocycles. The van der Waals surface area contributed by atoms with Crippen LogP contribution in [-0.4, -0.2) is 32.0 Å². The lowest BCUT2D eigenvalue weighted by molar-refractivity contribution is -0.121. The van der Waals surface area contributed by atoms with Gasteiger partial charge in [0.05, 0.1) is 13.0 Å². The fourth-order valence-corrected chi connectivity index (χ4v) is 3.07. The number of tetrazole rings is 1. The third kappa shape index (κ3) is 5.42. The average Bonchev–Trinajstić information content (AvgIpc) is 3.28. The molecular formula is C24H22N6O2. The summed E-state index contributed by atoms with van der Waals surface area (Å²) in [7, 11) is 0. The Kier molecular flexibility index (Phi) is 6.31. The van der Waals surface area contributed by atoms with Gasteiger partial charge in [-0.3, -0.25) is 20.4 Å². The van der Waals surface area contributed by atoms with Crippen LogP contribution < -0.4 is 10.9 Å². The topological polar surface area (TPSA) is 102 Å². The van der Waals surface area contributed by atoms with Gasteiger partial charge >= 0.3 is 0 Å². The zero-order chi connectivity index (χ0) is 22.3. The number of nitrogens with one attached hydrogen (secondary N) is 2. The Labute approximate surface area is 185 Å². The molecule has 0 saturated heterocycles. The molecule has 32 heavy (non-hydrogen) atoms. The Bertz CT molecular complexity index is 1200. The number of carbonyl (C=O) groups excluding carboxylic acids is 2. The third-order valence-electron chi connectivity index (χ3n) is 4.83. The molecule has 4 rings (SSSR count). The molecule has 3 aromatic carbocycles. The van der Waals surface area contributed by atoms with Crippen LogP contribution in [0.5, 0.6) is 0 Å². The van der Waals surface area contributed by atoms with Crippen molar-refractivity contribution in [2.75, 3.05) is 0 Å². The molecule has 2 N–H and O–H groups in total. The van der Waals surface area contributed by atoms with Crippen LogP contribution in [0.25, 0.3) is 11.4 Å². The molecule has 4 aromatic rings. The number of aromatic nitrogens is 4. The van der Waals surface area contributed by atoms with Crippen LogP contribution in [0, 0.1) is 6.92 Å². The highest BCUT2D eigenvalue weighted by Gasteiger charge is 2.10. The second kappa shape index (κ2) is 9.65. The molecule has 1 heterocycles. The molecule has 0 atom stereocenters. The Balaban J connectivity index is 1.29. The average molecular weight is 426 g/mol. The third-order valence-corrected chi connectivity index (χ3v) is 4.83. The van der Waals surface area contributed by atoms with Gasteiger partial charge in [0, 0.05) is 11.1 Å². The zero-order valence-electron chi connectivity index (χ0n) is 17.5. The summed E-state index contributed by atoms with van der Waals surface area (Å²) < 4.78 is 0. The van der Waals surface area contributed by atoms with Crippen molar-refractivity contribution in [1.29, 1.82) is 0 Å². The summed E-state index contributed by atoms with van der Waals surface area (Å²) in [4.78, 5) is 25.9. The van der Waals surface area contributed by atoms with Crippen LogP contribution in [0.15, 0.2) is 78.9 Å². The van der Waals surface area contributed by atoms with Crippen molar-refractivity contribution in [2.45, 2.75) is 19.9 Å². The summed E-state index contributed by atoms with van der Waals surface area (Å²) in [5, 5.41) is 12.6. The Hall–Kier alpha value is -4.33. The maximum absolute atomic E-state index is 12.3. The van der Waals surface area contributed by atoms with E-state index >= 15 is 0 Å². The van der Waals surface area contributed by atoms with Crippen molar-refractivity contribution in [3.05, 3.63) is 101 Å². The van der Waals surface area contributed by atoms with Crippen molar-refractivity contribution in [3.63, 3.8) is 0 Å². The number of rotatable bonds is 6. The van der Waals surface area contributed by atoms with E-state index in [2.05, 4.69) is 26.3 Å². The normalized spacial score (nSPS) is 10.5. The summed E-state index contributed by atoms with van der Waals surface area (Å²) in [5.74, 6) is -0.118. The van der Waals surface area contributed by atoms with Crippen LogP contribution >= 0.6 is 0 Å². The minimum absolute atomic E-state index is 0.190. The van der Waals surface area contributed by atoms with E-state index in [1.54, 1.807) is 12.1 Å². The number of hydrogen-bond donors (Lipinski definition) is 2. The molecule has 160 valence electrons. The second-order valence-corrected chi connectivity index (χ2v) is 7.37. The zero-order valence-corrected chi connectivity index (χ0v) is 17.5. The molecule has 8 nitrogen and oxygen atoms in total. The van der Waals surface area contributed by atoms with Gasteiger partial charge in [0.15, 0.2) is 0 Å². The first-order valence-corrected chi connectivity index (χ1v) is 10.1. The number of hydrogen-bond acceptors (Lipinski definition) is 5. The predicted molar refractivity (Wildman–Crippen MR) is 119 cm³/mol. The monoisotopic (exact) mass is 426 g/mol. The predicted octanol–water partition coefficient (Wildman–Crippen LogP) is 2.70. The van der Waals surface area contributed by atoms with Crippen LogP contribution in [0.1, 0.15) is 27.0 Å². The van der Waals surface area contributed by atoms with Crippen molar-refractivity contribution in [2.24, 2.45) is 0 Å². The number of hydrazine groups is 1. The fraction of sp³-hybridized carbons (Fsp3) is 0.125. The molecule has 0 unspecified atom stereocenters. The summed E-state index contributed by atoms with van der Waals surface area (Å²) in [6, 6.07) is 24.3. The number of nitrogens with zero attached hydrogens (tertiary/aromatic N) is 4. The lowest BCUT2D eigenvalue weighted by atomic mass is 10.1. The molecule has 0 aliphatic rings. The molecule has 0 aliphatic heterocycles. The number of amides is 2. The molecule has 0 aliphatic carbocycles. The van der Waals surface area contributed by atoms with Gasteiger partial charge in [-0.05, 0) is 35.4 Å². The Morgan fingerprint density at radius 1 is 0.844 bits per heavy atom. The van der Waals surface area contributed by atoms with Gasteiger partial charge < -0.3 is 0 Å². The van der Waals surface area contributed by atoms with Gasteiger partial charge in [-0.25, -0.2) is 0 Å². The van der Waals surface area contributed by atoms with Crippen LogP contribution in [-0.2, 0) is 17.8 Å². The molecule has 0 fully saturated rings. The summed E-state index contributed by atoms with van der Waals surface area (Å²) in [5.41, 5.74) is 9.14. The van der Waals surface area contributed by atoms with E-state index in [0.29, 0.717) is 17.9 Å². The molecule has 8 heteroatoms. The number of carbonyl (C=O) groups is 2. The van der Waals surface area contributed by atoms with E-state index in [0.717, 1.165) is 22.3 Å². The molecule has 0 saturated carbocycles. The Morgan fingerprint density at radius 3 is 2.25 bits per heavy atom. The van der Waals surface area contributed by atoms with E-state index in [9.17, 15) is 9.59 Å². The first-order chi connectivity index (χ1) is 15.6. The van der Waals surface area contributed by atoms with Gasteiger partial charge in [0.2, 0.25) is 11.7 Å². The van der Waals surface area contributed by atoms with Gasteiger partial charge in [0.25, 0.3) is 5.91 Å². The second-order valence-electron chi connectivity index (χ2n) is 7.37. The quantitative estimate of drug-likeness (QED) is 0.462. The highest BCUT2D eigenvalue weighted by atomic mass is 16.2. The van der Waals surface area contributed by atoms with Crippen molar-refractivity contribution >= 4 is 11.8 Å². The minimum atomic E-state index is -0.390. The molecule has 2 amide bonds. The van der Waals surface area contributed by atoms with E-state index in [4.69, 9.17) is 0 Å². The molecule has 0 spiro atoms. The lowest BCUT2D eigenvalue weighted by Crippen LogP contribution is -2.42. The van der Waals surface area contributed by atoms with Gasteiger partial charge in [-0.15, -0.1) is 10.2 Å². The van der Waals surface area contributed by atoms with Gasteiger partial charge in [-0.2, -0.15) is 4.80 Å². The molecule has 0 radical (unpaired) electrons. The van der Waals surface area contributed by atoms with Gasteiger partial charge in [-0.1, -0.05) is 72.3 Å². The fourth-order valence-electron chi connectivity index (χ4n) is 3.07. The van der Waals surface area contributed by atoms with E-state index in [1.807, 2.05) is 73.7 Å². The van der Waals surface area contributed by atoms with Crippen LogP contribution in [0.4, 0.5) is 0 Å². The number of aryl methyl sites for hydroxylation is 1. The first kappa shape index (κ1) is 20.9. The number of benzene rings is 3. The van der Waals surface area contributed by atoms with E-state index in [-0.39, 0.29) is 18.2 Å². The van der Waals surface area contributed by atoms with Gasteiger partial charge in [0.1, 0.15) is 0 Å². The standard InChI is InChI=1S/C24H22N6O2/c1-17-7-9-18(10-8-17)15-22(31)25-27-24(32)21-13-11-19(12-14-21)16-30-28-23(26-29-30)20-5-3-2-4-6-20/h2-14H,15-16H2,1H3,(H,25,31)(H,27,32). The summed E-state index contributed by atoms with van der Waals surface area (Å²) in [6.07, 6.45) is 0.190. The first-order valence-electron chi connectivity index (χ1n) is 10.1. The highest BCUT2D eigenvalue weighted by molar-refractivity contribution is 5.95. The maximum atomic E-state index is 12.3.